The van der Waals surface area contributed by atoms with Crippen LogP contribution in [-0.2, 0) is 9.59 Å². The molecule has 1 unspecified atom stereocenters. The second-order valence-corrected chi connectivity index (χ2v) is 8.18. The van der Waals surface area contributed by atoms with E-state index >= 15 is 0 Å². The number of amides is 1. The highest BCUT2D eigenvalue weighted by atomic mass is 16.4. The molecule has 1 atom stereocenters. The minimum atomic E-state index is -0.828. The van der Waals surface area contributed by atoms with Crippen molar-refractivity contribution in [3.05, 3.63) is 12.2 Å². The van der Waals surface area contributed by atoms with E-state index in [4.69, 9.17) is 0 Å². The van der Waals surface area contributed by atoms with E-state index in [1.54, 1.807) is 4.90 Å². The lowest BCUT2D eigenvalue weighted by Crippen LogP contribution is -2.33. The first-order valence-corrected chi connectivity index (χ1v) is 12.2. The predicted molar refractivity (Wildman–Crippen MR) is 123 cm³/mol. The number of nitrogens with zero attached hydrogens (tertiary/aromatic N) is 1. The molecule has 0 aliphatic heterocycles. The van der Waals surface area contributed by atoms with Gasteiger partial charge < -0.3 is 10.0 Å². The van der Waals surface area contributed by atoms with E-state index in [1.807, 2.05) is 13.8 Å². The van der Waals surface area contributed by atoms with Crippen LogP contribution in [0.4, 0.5) is 0 Å². The molecule has 0 bridgehead atoms. The second kappa shape index (κ2) is 20.0. The number of carboxylic acids is 1. The number of aliphatic carboxylic acids is 1. The number of unbranched alkanes of at least 4 members (excludes halogenated alkanes) is 11. The van der Waals surface area contributed by atoms with Gasteiger partial charge in [0.05, 0.1) is 5.92 Å². The number of carbonyl (C=O) groups excluding carboxylic acids is 1. The average molecular weight is 410 g/mol. The first kappa shape index (κ1) is 27.7. The van der Waals surface area contributed by atoms with Gasteiger partial charge in [0.15, 0.2) is 0 Å². The quantitative estimate of drug-likeness (QED) is 0.174. The highest BCUT2D eigenvalue weighted by Gasteiger charge is 2.22. The normalized spacial score (nSPS) is 12.4. The largest absolute Gasteiger partial charge is 0.481 e. The van der Waals surface area contributed by atoms with E-state index in [0.717, 1.165) is 12.8 Å². The van der Waals surface area contributed by atoms with Crippen molar-refractivity contribution in [3.63, 3.8) is 0 Å². The van der Waals surface area contributed by atoms with E-state index < -0.39 is 11.9 Å². The third-order valence-corrected chi connectivity index (χ3v) is 5.70. The summed E-state index contributed by atoms with van der Waals surface area (Å²) >= 11 is 0. The minimum Gasteiger partial charge on any atom is -0.481 e. The number of carboxylic acid groups (broad SMARTS) is 1. The summed E-state index contributed by atoms with van der Waals surface area (Å²) in [5.41, 5.74) is 0. The van der Waals surface area contributed by atoms with E-state index in [1.165, 1.54) is 70.6 Å². The maximum absolute atomic E-state index is 12.1. The Balaban J connectivity index is 3.63. The van der Waals surface area contributed by atoms with E-state index in [2.05, 4.69) is 19.1 Å². The van der Waals surface area contributed by atoms with Gasteiger partial charge in [0.25, 0.3) is 0 Å². The van der Waals surface area contributed by atoms with Crippen LogP contribution in [0.15, 0.2) is 12.2 Å². The molecule has 0 aromatic rings. The molecule has 1 N–H and O–H groups in total. The number of hydrogen-bond donors (Lipinski definition) is 1. The highest BCUT2D eigenvalue weighted by molar-refractivity contribution is 5.82. The molecule has 0 radical (unpaired) electrons. The summed E-state index contributed by atoms with van der Waals surface area (Å²) in [5, 5.41) is 9.39. The molecule has 0 aromatic heterocycles. The van der Waals surface area contributed by atoms with Crippen LogP contribution in [0, 0.1) is 5.92 Å². The van der Waals surface area contributed by atoms with Crippen LogP contribution in [0.1, 0.15) is 117 Å². The molecular formula is C25H47NO3. The second-order valence-electron chi connectivity index (χ2n) is 8.18. The zero-order valence-corrected chi connectivity index (χ0v) is 19.5. The fourth-order valence-corrected chi connectivity index (χ4v) is 3.68. The van der Waals surface area contributed by atoms with Crippen LogP contribution in [0.5, 0.6) is 0 Å². The zero-order valence-electron chi connectivity index (χ0n) is 19.5. The van der Waals surface area contributed by atoms with Gasteiger partial charge in [-0.05, 0) is 39.5 Å². The van der Waals surface area contributed by atoms with Crippen molar-refractivity contribution < 1.29 is 14.7 Å². The third-order valence-electron chi connectivity index (χ3n) is 5.70. The summed E-state index contributed by atoms with van der Waals surface area (Å²) in [7, 11) is 0. The zero-order chi connectivity index (χ0) is 21.7. The fraction of sp³-hybridized carbons (Fsp3) is 0.840. The smallest absolute Gasteiger partial charge is 0.307 e. The van der Waals surface area contributed by atoms with Gasteiger partial charge in [0.1, 0.15) is 0 Å². The summed E-state index contributed by atoms with van der Waals surface area (Å²) in [6.45, 7) is 7.40. The fourth-order valence-electron chi connectivity index (χ4n) is 3.68. The van der Waals surface area contributed by atoms with Gasteiger partial charge in [-0.2, -0.15) is 0 Å². The standard InChI is InChI=1S/C25H47NO3/c1-4-7-8-9-10-11-12-13-14-15-16-17-18-19-20-21-23(25(28)29)22-24(27)26(5-2)6-3/h9-10,23H,4-8,11-22H2,1-3H3,(H,28,29)/b10-9+. The Morgan fingerprint density at radius 2 is 1.24 bits per heavy atom. The van der Waals surface area contributed by atoms with Crippen molar-refractivity contribution >= 4 is 11.9 Å². The van der Waals surface area contributed by atoms with Gasteiger partial charge in [-0.1, -0.05) is 83.3 Å². The lowest BCUT2D eigenvalue weighted by atomic mass is 9.96. The van der Waals surface area contributed by atoms with Crippen LogP contribution < -0.4 is 0 Å². The Bertz CT molecular complexity index is 430. The Labute approximate surface area is 180 Å². The molecule has 0 saturated carbocycles. The monoisotopic (exact) mass is 409 g/mol. The molecule has 0 saturated heterocycles. The first-order valence-electron chi connectivity index (χ1n) is 12.2. The average Bonchev–Trinajstić information content (AvgIpc) is 2.70. The van der Waals surface area contributed by atoms with Crippen LogP contribution in [-0.4, -0.2) is 35.0 Å². The van der Waals surface area contributed by atoms with Crippen molar-refractivity contribution in [2.24, 2.45) is 5.92 Å². The highest BCUT2D eigenvalue weighted by Crippen LogP contribution is 2.18. The molecule has 170 valence electrons. The lowest BCUT2D eigenvalue weighted by Gasteiger charge is -2.21. The molecule has 0 rings (SSSR count). The molecule has 29 heavy (non-hydrogen) atoms. The minimum absolute atomic E-state index is 0.0288. The molecule has 0 aromatic carbocycles. The Morgan fingerprint density at radius 1 is 0.759 bits per heavy atom. The lowest BCUT2D eigenvalue weighted by molar-refractivity contribution is -0.146. The summed E-state index contributed by atoms with van der Waals surface area (Å²) in [6, 6.07) is 0. The van der Waals surface area contributed by atoms with Crippen molar-refractivity contribution in [2.45, 2.75) is 117 Å². The van der Waals surface area contributed by atoms with E-state index in [0.29, 0.717) is 19.5 Å². The number of allylic oxidation sites excluding steroid dienone is 2. The third kappa shape index (κ3) is 16.2. The summed E-state index contributed by atoms with van der Waals surface area (Å²) in [4.78, 5) is 25.3. The molecule has 4 nitrogen and oxygen atoms in total. The van der Waals surface area contributed by atoms with Gasteiger partial charge in [-0.25, -0.2) is 0 Å². The van der Waals surface area contributed by atoms with Crippen LogP contribution in [0.25, 0.3) is 0 Å². The SMILES string of the molecule is CCCC/C=C/CCCCCCCCCCCC(CC(=O)N(CC)CC)C(=O)O. The topological polar surface area (TPSA) is 57.6 Å². The maximum atomic E-state index is 12.1. The van der Waals surface area contributed by atoms with Gasteiger partial charge in [0.2, 0.25) is 5.91 Å². The van der Waals surface area contributed by atoms with E-state index in [9.17, 15) is 14.7 Å². The predicted octanol–water partition coefficient (Wildman–Crippen LogP) is 6.98. The summed E-state index contributed by atoms with van der Waals surface area (Å²) in [5.74, 6) is -1.39. The van der Waals surface area contributed by atoms with Crippen LogP contribution in [0.2, 0.25) is 0 Å². The van der Waals surface area contributed by atoms with Crippen LogP contribution in [0.3, 0.4) is 0 Å². The molecule has 1 amide bonds. The van der Waals surface area contributed by atoms with Gasteiger partial charge in [-0.15, -0.1) is 0 Å². The Morgan fingerprint density at radius 3 is 1.72 bits per heavy atom. The maximum Gasteiger partial charge on any atom is 0.307 e. The molecule has 0 fully saturated rings. The van der Waals surface area contributed by atoms with E-state index in [-0.39, 0.29) is 12.3 Å². The molecule has 4 heteroatoms. The van der Waals surface area contributed by atoms with Crippen LogP contribution >= 0.6 is 0 Å². The van der Waals surface area contributed by atoms with Gasteiger partial charge in [0, 0.05) is 19.5 Å². The summed E-state index contributed by atoms with van der Waals surface area (Å²) in [6.07, 6.45) is 21.5. The Hall–Kier alpha value is -1.32. The Kier molecular flexibility index (Phi) is 19.1. The number of carbonyl (C=O) groups is 2. The molecule has 0 aliphatic carbocycles. The van der Waals surface area contributed by atoms with Gasteiger partial charge >= 0.3 is 5.97 Å². The van der Waals surface area contributed by atoms with Crippen molar-refractivity contribution in [1.29, 1.82) is 0 Å². The molecule has 0 heterocycles. The molecule has 0 spiro atoms. The first-order chi connectivity index (χ1) is 14.1. The van der Waals surface area contributed by atoms with Crippen molar-refractivity contribution in [2.75, 3.05) is 13.1 Å². The molecule has 0 aliphatic rings. The van der Waals surface area contributed by atoms with Crippen molar-refractivity contribution in [1.82, 2.24) is 4.90 Å². The van der Waals surface area contributed by atoms with Gasteiger partial charge in [-0.3, -0.25) is 9.59 Å². The number of rotatable bonds is 20. The summed E-state index contributed by atoms with van der Waals surface area (Å²) < 4.78 is 0. The molecular weight excluding hydrogens is 362 g/mol. The van der Waals surface area contributed by atoms with Crippen molar-refractivity contribution in [3.8, 4) is 0 Å². The number of hydrogen-bond acceptors (Lipinski definition) is 2.